The lowest BCUT2D eigenvalue weighted by molar-refractivity contribution is -0.128. The number of benzene rings is 1. The Hall–Kier alpha value is -3.01. The highest BCUT2D eigenvalue weighted by molar-refractivity contribution is 7.22. The first-order valence-corrected chi connectivity index (χ1v) is 9.79. The third-order valence-electron chi connectivity index (χ3n) is 5.16. The molecule has 2 aromatic rings. The van der Waals surface area contributed by atoms with E-state index in [2.05, 4.69) is 26.3 Å². The van der Waals surface area contributed by atoms with E-state index in [1.807, 2.05) is 6.07 Å². The molecule has 1 saturated carbocycles. The largest absolute Gasteiger partial charge is 0.326 e. The van der Waals surface area contributed by atoms with E-state index in [4.69, 9.17) is 0 Å². The zero-order valence-corrected chi connectivity index (χ0v) is 15.9. The minimum atomic E-state index is -0.871. The summed E-state index contributed by atoms with van der Waals surface area (Å²) < 4.78 is 0.856. The van der Waals surface area contributed by atoms with Gasteiger partial charge in [0.2, 0.25) is 11.8 Å². The van der Waals surface area contributed by atoms with Crippen LogP contribution in [0, 0.1) is 5.92 Å². The SMILES string of the molecule is CC(=O)Nc1ccc2nc(NC(=O)C3CCC4(CC3)NC(=O)NC4=O)sc2c1. The van der Waals surface area contributed by atoms with Crippen LogP contribution in [0.4, 0.5) is 15.6 Å². The van der Waals surface area contributed by atoms with Crippen LogP contribution in [0.25, 0.3) is 10.2 Å². The van der Waals surface area contributed by atoms with Gasteiger partial charge in [-0.2, -0.15) is 0 Å². The number of aromatic nitrogens is 1. The standard InChI is InChI=1S/C18H19N5O4S/c1-9(24)19-11-2-3-12-13(8-11)28-17(20-12)21-14(25)10-4-6-18(7-5-10)15(26)22-16(27)23-18/h2-3,8,10H,4-7H2,1H3,(H,19,24)(H,20,21,25)(H2,22,23,26,27). The Labute approximate surface area is 164 Å². The fourth-order valence-corrected chi connectivity index (χ4v) is 4.63. The van der Waals surface area contributed by atoms with Crippen molar-refractivity contribution in [2.24, 2.45) is 5.92 Å². The molecule has 1 aromatic carbocycles. The molecule has 2 heterocycles. The Kier molecular flexibility index (Phi) is 4.50. The van der Waals surface area contributed by atoms with E-state index in [-0.39, 0.29) is 23.6 Å². The van der Waals surface area contributed by atoms with Crippen molar-refractivity contribution in [1.29, 1.82) is 0 Å². The number of imide groups is 1. The van der Waals surface area contributed by atoms with Gasteiger partial charge in [0.05, 0.1) is 10.2 Å². The Morgan fingerprint density at radius 3 is 2.61 bits per heavy atom. The van der Waals surface area contributed by atoms with Crippen LogP contribution in [0.3, 0.4) is 0 Å². The molecule has 9 nitrogen and oxygen atoms in total. The minimum absolute atomic E-state index is 0.138. The second-order valence-corrected chi connectivity index (χ2v) is 8.17. The lowest BCUT2D eigenvalue weighted by atomic mass is 9.76. The van der Waals surface area contributed by atoms with Gasteiger partial charge in [-0.15, -0.1) is 0 Å². The van der Waals surface area contributed by atoms with Crippen LogP contribution in [0.5, 0.6) is 0 Å². The van der Waals surface area contributed by atoms with Crippen molar-refractivity contribution in [3.63, 3.8) is 0 Å². The molecule has 2 fully saturated rings. The number of carbonyl (C=O) groups is 4. The molecular weight excluding hydrogens is 382 g/mol. The zero-order valence-electron chi connectivity index (χ0n) is 15.1. The van der Waals surface area contributed by atoms with Gasteiger partial charge in [-0.1, -0.05) is 11.3 Å². The molecule has 2 aliphatic rings. The van der Waals surface area contributed by atoms with Gasteiger partial charge in [0.25, 0.3) is 5.91 Å². The van der Waals surface area contributed by atoms with Crippen LogP contribution in [-0.2, 0) is 14.4 Å². The summed E-state index contributed by atoms with van der Waals surface area (Å²) >= 11 is 1.33. The average molecular weight is 401 g/mol. The molecular formula is C18H19N5O4S. The van der Waals surface area contributed by atoms with Crippen molar-refractivity contribution in [3.05, 3.63) is 18.2 Å². The molecule has 5 amide bonds. The molecule has 1 aromatic heterocycles. The molecule has 4 N–H and O–H groups in total. The highest BCUT2D eigenvalue weighted by Gasteiger charge is 2.48. The van der Waals surface area contributed by atoms with Gasteiger partial charge in [0.1, 0.15) is 5.54 Å². The molecule has 10 heteroatoms. The van der Waals surface area contributed by atoms with Crippen molar-refractivity contribution < 1.29 is 19.2 Å². The predicted molar refractivity (Wildman–Crippen MR) is 104 cm³/mol. The molecule has 4 rings (SSSR count). The molecule has 1 spiro atoms. The number of carbonyl (C=O) groups excluding carboxylic acids is 4. The van der Waals surface area contributed by atoms with Crippen molar-refractivity contribution in [1.82, 2.24) is 15.6 Å². The molecule has 0 bridgehead atoms. The second-order valence-electron chi connectivity index (χ2n) is 7.14. The summed E-state index contributed by atoms with van der Waals surface area (Å²) in [5.74, 6) is -0.837. The number of amides is 5. The number of hydrogen-bond acceptors (Lipinski definition) is 6. The first-order chi connectivity index (χ1) is 13.3. The van der Waals surface area contributed by atoms with E-state index in [0.717, 1.165) is 10.2 Å². The number of urea groups is 1. The molecule has 146 valence electrons. The summed E-state index contributed by atoms with van der Waals surface area (Å²) in [6.07, 6.45) is 1.89. The van der Waals surface area contributed by atoms with Gasteiger partial charge in [-0.05, 0) is 43.9 Å². The molecule has 0 atom stereocenters. The van der Waals surface area contributed by atoms with Crippen LogP contribution < -0.4 is 21.3 Å². The number of fused-ring (bicyclic) bond motifs is 1. The highest BCUT2D eigenvalue weighted by Crippen LogP contribution is 2.35. The van der Waals surface area contributed by atoms with E-state index in [9.17, 15) is 19.2 Å². The van der Waals surface area contributed by atoms with Gasteiger partial charge in [0, 0.05) is 18.5 Å². The zero-order chi connectivity index (χ0) is 19.9. The molecule has 1 saturated heterocycles. The molecule has 28 heavy (non-hydrogen) atoms. The van der Waals surface area contributed by atoms with Crippen LogP contribution in [-0.4, -0.2) is 34.3 Å². The van der Waals surface area contributed by atoms with Crippen LogP contribution >= 0.6 is 11.3 Å². The quantitative estimate of drug-likeness (QED) is 0.584. The molecule has 0 radical (unpaired) electrons. The number of nitrogens with one attached hydrogen (secondary N) is 4. The van der Waals surface area contributed by atoms with Crippen molar-refractivity contribution in [2.75, 3.05) is 10.6 Å². The van der Waals surface area contributed by atoms with E-state index in [1.165, 1.54) is 18.3 Å². The molecule has 1 aliphatic heterocycles. The smallest absolute Gasteiger partial charge is 0.322 e. The second kappa shape index (κ2) is 6.86. The Balaban J connectivity index is 1.41. The topological polar surface area (TPSA) is 129 Å². The fourth-order valence-electron chi connectivity index (χ4n) is 3.72. The van der Waals surface area contributed by atoms with Gasteiger partial charge in [-0.3, -0.25) is 19.7 Å². The minimum Gasteiger partial charge on any atom is -0.326 e. The van der Waals surface area contributed by atoms with E-state index in [0.29, 0.717) is 36.5 Å². The average Bonchev–Trinajstić information content (AvgIpc) is 3.14. The van der Waals surface area contributed by atoms with E-state index < -0.39 is 11.6 Å². The highest BCUT2D eigenvalue weighted by atomic mass is 32.1. The summed E-state index contributed by atoms with van der Waals surface area (Å²) in [4.78, 5) is 51.6. The fraction of sp³-hybridized carbons (Fsp3) is 0.389. The maximum Gasteiger partial charge on any atom is 0.322 e. The number of thiazole rings is 1. The maximum atomic E-state index is 12.6. The van der Waals surface area contributed by atoms with Gasteiger partial charge >= 0.3 is 6.03 Å². The Morgan fingerprint density at radius 2 is 1.96 bits per heavy atom. The summed E-state index contributed by atoms with van der Waals surface area (Å²) in [5.41, 5.74) is 0.544. The number of rotatable bonds is 3. The van der Waals surface area contributed by atoms with E-state index >= 15 is 0 Å². The molecule has 1 aliphatic carbocycles. The van der Waals surface area contributed by atoms with Crippen molar-refractivity contribution in [2.45, 2.75) is 38.1 Å². The normalized spacial score (nSPS) is 24.1. The summed E-state index contributed by atoms with van der Waals surface area (Å²) in [5, 5.41) is 11.0. The van der Waals surface area contributed by atoms with Crippen LogP contribution in [0.15, 0.2) is 18.2 Å². The van der Waals surface area contributed by atoms with Gasteiger partial charge in [0.15, 0.2) is 5.13 Å². The summed E-state index contributed by atoms with van der Waals surface area (Å²) in [6, 6.07) is 4.89. The Morgan fingerprint density at radius 1 is 1.21 bits per heavy atom. The summed E-state index contributed by atoms with van der Waals surface area (Å²) in [6.45, 7) is 1.44. The lowest BCUT2D eigenvalue weighted by Crippen LogP contribution is -2.50. The maximum absolute atomic E-state index is 12.6. The number of nitrogens with zero attached hydrogens (tertiary/aromatic N) is 1. The third-order valence-corrected chi connectivity index (χ3v) is 6.10. The lowest BCUT2D eigenvalue weighted by Gasteiger charge is -2.33. The van der Waals surface area contributed by atoms with Crippen molar-refractivity contribution in [3.8, 4) is 0 Å². The van der Waals surface area contributed by atoms with Crippen molar-refractivity contribution >= 4 is 56.1 Å². The first kappa shape index (κ1) is 18.4. The first-order valence-electron chi connectivity index (χ1n) is 8.97. The summed E-state index contributed by atoms with van der Waals surface area (Å²) in [7, 11) is 0. The number of anilines is 2. The monoisotopic (exact) mass is 401 g/mol. The van der Waals surface area contributed by atoms with Gasteiger partial charge in [-0.25, -0.2) is 9.78 Å². The van der Waals surface area contributed by atoms with E-state index in [1.54, 1.807) is 12.1 Å². The number of hydrogen-bond donors (Lipinski definition) is 4. The van der Waals surface area contributed by atoms with Crippen LogP contribution in [0.2, 0.25) is 0 Å². The predicted octanol–water partition coefficient (Wildman–Crippen LogP) is 1.96. The Bertz CT molecular complexity index is 993. The molecule has 0 unspecified atom stereocenters. The third kappa shape index (κ3) is 3.42. The van der Waals surface area contributed by atoms with Gasteiger partial charge < -0.3 is 16.0 Å². The van der Waals surface area contributed by atoms with Crippen LogP contribution in [0.1, 0.15) is 32.6 Å².